The molecule has 196 valence electrons. The smallest absolute Gasteiger partial charge is 0.273 e. The van der Waals surface area contributed by atoms with Crippen molar-refractivity contribution in [1.82, 2.24) is 4.57 Å². The third kappa shape index (κ3) is 5.33. The number of aromatic nitrogens is 1. The molecule has 0 aliphatic carbocycles. The summed E-state index contributed by atoms with van der Waals surface area (Å²) in [5.74, 6) is -0.476. The zero-order chi connectivity index (χ0) is 28.2. The number of amides is 1. The lowest BCUT2D eigenvalue weighted by atomic mass is 10.1. The lowest BCUT2D eigenvalue weighted by Gasteiger charge is -2.05. The number of furan rings is 1. The lowest BCUT2D eigenvalue weighted by molar-refractivity contribution is -0.384. The molecule has 0 saturated heterocycles. The third-order valence-electron chi connectivity index (χ3n) is 5.76. The van der Waals surface area contributed by atoms with Crippen LogP contribution in [0.3, 0.4) is 0 Å². The number of nitro benzene ring substituents is 1. The highest BCUT2D eigenvalue weighted by molar-refractivity contribution is 7.07. The molecule has 2 heterocycles. The largest absolute Gasteiger partial charge is 0.457 e. The number of non-ortho nitro benzene ring substituents is 1. The second-order valence-electron chi connectivity index (χ2n) is 8.35. The molecule has 0 radical (unpaired) electrons. The summed E-state index contributed by atoms with van der Waals surface area (Å²) in [7, 11) is 0. The summed E-state index contributed by atoms with van der Waals surface area (Å²) in [6.45, 7) is 0. The van der Waals surface area contributed by atoms with Crippen LogP contribution in [0, 0.1) is 27.3 Å². The van der Waals surface area contributed by atoms with E-state index in [-0.39, 0.29) is 26.1 Å². The SMILES string of the molecule is N#C/C(C(=O)Nc1ccc(F)cc1)=c1\s/c(=C/c2ccc(-c3ccc([N+](=O)[O-])cc3)o2)c(=O)n1-c1ccccc1. The van der Waals surface area contributed by atoms with Crippen molar-refractivity contribution in [2.45, 2.75) is 0 Å². The van der Waals surface area contributed by atoms with Gasteiger partial charge in [0.25, 0.3) is 17.2 Å². The number of carbonyl (C=O) groups excluding carboxylic acids is 1. The van der Waals surface area contributed by atoms with Crippen LogP contribution in [0.1, 0.15) is 5.76 Å². The van der Waals surface area contributed by atoms with Gasteiger partial charge in [0, 0.05) is 29.5 Å². The van der Waals surface area contributed by atoms with Gasteiger partial charge in [-0.2, -0.15) is 5.26 Å². The first-order valence-corrected chi connectivity index (χ1v) is 12.5. The molecule has 0 unspecified atom stereocenters. The Hall–Kier alpha value is -5.60. The van der Waals surface area contributed by atoms with Crippen LogP contribution in [0.2, 0.25) is 0 Å². The summed E-state index contributed by atoms with van der Waals surface area (Å²) >= 11 is 0.940. The fourth-order valence-electron chi connectivity index (χ4n) is 3.85. The van der Waals surface area contributed by atoms with Gasteiger partial charge in [0.1, 0.15) is 28.1 Å². The first kappa shape index (κ1) is 26.0. The van der Waals surface area contributed by atoms with Gasteiger partial charge < -0.3 is 9.73 Å². The fourth-order valence-corrected chi connectivity index (χ4v) is 4.93. The average Bonchev–Trinajstić information content (AvgIpc) is 3.55. The Morgan fingerprint density at radius 1 is 1.02 bits per heavy atom. The molecule has 0 aliphatic rings. The molecule has 0 aliphatic heterocycles. The molecule has 11 heteroatoms. The van der Waals surface area contributed by atoms with E-state index in [1.165, 1.54) is 47.0 Å². The monoisotopic (exact) mass is 552 g/mol. The van der Waals surface area contributed by atoms with Gasteiger partial charge in [0.2, 0.25) is 0 Å². The van der Waals surface area contributed by atoms with E-state index in [1.54, 1.807) is 54.6 Å². The van der Waals surface area contributed by atoms with E-state index in [1.807, 2.05) is 6.07 Å². The van der Waals surface area contributed by atoms with E-state index < -0.39 is 22.2 Å². The predicted octanol–water partition coefficient (Wildman–Crippen LogP) is 4.35. The van der Waals surface area contributed by atoms with Gasteiger partial charge in [0.15, 0.2) is 5.57 Å². The van der Waals surface area contributed by atoms with Crippen LogP contribution < -0.4 is 20.1 Å². The normalized spacial score (nSPS) is 12.1. The van der Waals surface area contributed by atoms with Crippen LogP contribution >= 0.6 is 11.3 Å². The minimum atomic E-state index is -0.759. The molecule has 1 amide bonds. The standard InChI is InChI=1S/C29H17FN4O5S/c30-19-8-10-20(11-9-19)32-27(35)24(17-31)29-33(21-4-2-1-3-5-21)28(36)26(40-29)16-23-14-15-25(39-23)18-6-12-22(13-7-18)34(37)38/h1-16H,(H,32,35)/b26-16+,29-24+. The number of nitro groups is 1. The molecule has 2 aromatic heterocycles. The number of rotatable bonds is 6. The van der Waals surface area contributed by atoms with Gasteiger partial charge in [-0.1, -0.05) is 18.2 Å². The maximum Gasteiger partial charge on any atom is 0.273 e. The van der Waals surface area contributed by atoms with Crippen molar-refractivity contribution in [3.63, 3.8) is 0 Å². The summed E-state index contributed by atoms with van der Waals surface area (Å²) in [4.78, 5) is 37.1. The summed E-state index contributed by atoms with van der Waals surface area (Å²) in [5, 5.41) is 23.4. The number of nitriles is 1. The van der Waals surface area contributed by atoms with Gasteiger partial charge in [-0.15, -0.1) is 11.3 Å². The second-order valence-corrected chi connectivity index (χ2v) is 9.38. The van der Waals surface area contributed by atoms with Gasteiger partial charge in [-0.25, -0.2) is 4.39 Å². The van der Waals surface area contributed by atoms with Crippen LogP contribution in [0.4, 0.5) is 15.8 Å². The predicted molar refractivity (Wildman–Crippen MR) is 148 cm³/mol. The van der Waals surface area contributed by atoms with E-state index in [0.717, 1.165) is 11.3 Å². The minimum absolute atomic E-state index is 0.0531. The molecule has 1 N–H and O–H groups in total. The van der Waals surface area contributed by atoms with Crippen LogP contribution in [0.5, 0.6) is 0 Å². The molecular formula is C29H17FN4O5S. The Morgan fingerprint density at radius 3 is 2.38 bits per heavy atom. The number of anilines is 1. The van der Waals surface area contributed by atoms with Gasteiger partial charge in [0.05, 0.1) is 15.1 Å². The number of nitrogens with one attached hydrogen (secondary N) is 1. The molecule has 0 bridgehead atoms. The van der Waals surface area contributed by atoms with E-state index in [2.05, 4.69) is 5.32 Å². The Labute approximate surface area is 229 Å². The highest BCUT2D eigenvalue weighted by atomic mass is 32.1. The maximum absolute atomic E-state index is 13.6. The molecular weight excluding hydrogens is 535 g/mol. The van der Waals surface area contributed by atoms with E-state index in [0.29, 0.717) is 22.8 Å². The van der Waals surface area contributed by atoms with Gasteiger partial charge in [-0.05, 0) is 60.7 Å². The Bertz CT molecular complexity index is 1950. The van der Waals surface area contributed by atoms with Gasteiger partial charge >= 0.3 is 0 Å². The van der Waals surface area contributed by atoms with Crippen LogP contribution in [-0.2, 0) is 4.79 Å². The minimum Gasteiger partial charge on any atom is -0.457 e. The Kier molecular flexibility index (Phi) is 7.17. The summed E-state index contributed by atoms with van der Waals surface area (Å²) in [6, 6.07) is 24.7. The van der Waals surface area contributed by atoms with Crippen molar-refractivity contribution in [3.8, 4) is 23.1 Å². The Balaban J connectivity index is 1.61. The molecule has 0 saturated carbocycles. The zero-order valence-corrected chi connectivity index (χ0v) is 21.2. The molecule has 0 atom stereocenters. The highest BCUT2D eigenvalue weighted by Crippen LogP contribution is 2.24. The average molecular weight is 553 g/mol. The van der Waals surface area contributed by atoms with Gasteiger partial charge in [-0.3, -0.25) is 24.3 Å². The number of nitrogens with zero attached hydrogens (tertiary/aromatic N) is 3. The van der Waals surface area contributed by atoms with E-state index in [4.69, 9.17) is 4.42 Å². The lowest BCUT2D eigenvalue weighted by Crippen LogP contribution is -2.32. The first-order chi connectivity index (χ1) is 19.3. The summed E-state index contributed by atoms with van der Waals surface area (Å²) < 4.78 is 20.7. The van der Waals surface area contributed by atoms with Crippen molar-refractivity contribution in [2.24, 2.45) is 0 Å². The summed E-state index contributed by atoms with van der Waals surface area (Å²) in [6.07, 6.45) is 1.50. The molecule has 0 spiro atoms. The third-order valence-corrected chi connectivity index (χ3v) is 6.85. The highest BCUT2D eigenvalue weighted by Gasteiger charge is 2.18. The topological polar surface area (TPSA) is 131 Å². The van der Waals surface area contributed by atoms with Crippen molar-refractivity contribution < 1.29 is 18.5 Å². The number of hydrogen-bond acceptors (Lipinski definition) is 7. The van der Waals surface area contributed by atoms with Crippen molar-refractivity contribution >= 4 is 40.3 Å². The quantitative estimate of drug-likeness (QED) is 0.246. The zero-order valence-electron chi connectivity index (χ0n) is 20.4. The molecule has 40 heavy (non-hydrogen) atoms. The van der Waals surface area contributed by atoms with Crippen molar-refractivity contribution in [1.29, 1.82) is 5.26 Å². The van der Waals surface area contributed by atoms with Crippen molar-refractivity contribution in [2.75, 3.05) is 5.32 Å². The maximum atomic E-state index is 13.6. The number of hydrogen-bond donors (Lipinski definition) is 1. The molecule has 5 aromatic rings. The van der Waals surface area contributed by atoms with E-state index >= 15 is 0 Å². The molecule has 3 aromatic carbocycles. The van der Waals surface area contributed by atoms with Crippen LogP contribution in [-0.4, -0.2) is 15.4 Å². The van der Waals surface area contributed by atoms with Crippen molar-refractivity contribution in [3.05, 3.63) is 132 Å². The fraction of sp³-hybridized carbons (Fsp3) is 0. The van der Waals surface area contributed by atoms with Crippen LogP contribution in [0.15, 0.2) is 100 Å². The number of carbonyl (C=O) groups is 1. The number of halogens is 1. The molecule has 9 nitrogen and oxygen atoms in total. The molecule has 0 fully saturated rings. The number of para-hydroxylation sites is 1. The number of thiazole rings is 1. The van der Waals surface area contributed by atoms with E-state index in [9.17, 15) is 29.4 Å². The molecule has 5 rings (SSSR count). The van der Waals surface area contributed by atoms with Crippen LogP contribution in [0.25, 0.3) is 28.7 Å². The summed E-state index contributed by atoms with van der Waals surface area (Å²) in [5.41, 5.74) is 0.513. The first-order valence-electron chi connectivity index (χ1n) is 11.7. The second kappa shape index (κ2) is 11.0. The number of benzene rings is 3. The Morgan fingerprint density at radius 2 is 1.73 bits per heavy atom.